The highest BCUT2D eigenvalue weighted by Gasteiger charge is 2.11. The Morgan fingerprint density at radius 1 is 1.26 bits per heavy atom. The third-order valence-corrected chi connectivity index (χ3v) is 3.60. The standard InChI is InChI=1S/C16H26N2O/c1-5-12(3)10-14(6-2)18-15-9-7-8-13(11-15)16(19)17-4/h7-9,11-12,14,18H,5-6,10H2,1-4H3,(H,17,19). The zero-order chi connectivity index (χ0) is 14.3. The van der Waals surface area contributed by atoms with Crippen molar-refractivity contribution >= 4 is 11.6 Å². The van der Waals surface area contributed by atoms with Gasteiger partial charge in [-0.3, -0.25) is 4.79 Å². The lowest BCUT2D eigenvalue weighted by molar-refractivity contribution is 0.0963. The van der Waals surface area contributed by atoms with Crippen molar-refractivity contribution in [2.24, 2.45) is 5.92 Å². The summed E-state index contributed by atoms with van der Waals surface area (Å²) in [5.41, 5.74) is 1.72. The van der Waals surface area contributed by atoms with Gasteiger partial charge < -0.3 is 10.6 Å². The lowest BCUT2D eigenvalue weighted by Gasteiger charge is -2.21. The number of carbonyl (C=O) groups excluding carboxylic acids is 1. The van der Waals surface area contributed by atoms with Gasteiger partial charge in [-0.05, 0) is 37.0 Å². The van der Waals surface area contributed by atoms with E-state index >= 15 is 0 Å². The number of rotatable bonds is 7. The van der Waals surface area contributed by atoms with Crippen molar-refractivity contribution in [3.8, 4) is 0 Å². The number of hydrogen-bond acceptors (Lipinski definition) is 2. The summed E-state index contributed by atoms with van der Waals surface area (Å²) < 4.78 is 0. The Labute approximate surface area is 116 Å². The van der Waals surface area contributed by atoms with Crippen molar-refractivity contribution in [1.82, 2.24) is 5.32 Å². The molecule has 0 heterocycles. The Kier molecular flexibility index (Phi) is 6.40. The molecule has 0 aliphatic heterocycles. The maximum absolute atomic E-state index is 11.6. The largest absolute Gasteiger partial charge is 0.382 e. The molecule has 0 aliphatic carbocycles. The van der Waals surface area contributed by atoms with E-state index in [1.54, 1.807) is 7.05 Å². The highest BCUT2D eigenvalue weighted by Crippen LogP contribution is 2.18. The average Bonchev–Trinajstić information content (AvgIpc) is 2.45. The Morgan fingerprint density at radius 3 is 2.58 bits per heavy atom. The van der Waals surface area contributed by atoms with E-state index < -0.39 is 0 Å². The molecule has 3 nitrogen and oxygen atoms in total. The smallest absolute Gasteiger partial charge is 0.251 e. The van der Waals surface area contributed by atoms with Crippen molar-refractivity contribution in [3.63, 3.8) is 0 Å². The summed E-state index contributed by atoms with van der Waals surface area (Å²) >= 11 is 0. The summed E-state index contributed by atoms with van der Waals surface area (Å²) in [7, 11) is 1.65. The van der Waals surface area contributed by atoms with Gasteiger partial charge in [0.25, 0.3) is 5.91 Å². The SMILES string of the molecule is CCC(C)CC(CC)Nc1cccc(C(=O)NC)c1. The first-order valence-corrected chi connectivity index (χ1v) is 7.19. The number of nitrogens with one attached hydrogen (secondary N) is 2. The van der Waals surface area contributed by atoms with Crippen LogP contribution in [0.1, 0.15) is 50.4 Å². The van der Waals surface area contributed by atoms with Crippen molar-refractivity contribution in [3.05, 3.63) is 29.8 Å². The minimum absolute atomic E-state index is 0.0429. The van der Waals surface area contributed by atoms with Gasteiger partial charge in [-0.25, -0.2) is 0 Å². The van der Waals surface area contributed by atoms with Crippen molar-refractivity contribution in [2.75, 3.05) is 12.4 Å². The molecule has 1 rings (SSSR count). The maximum atomic E-state index is 11.6. The first-order valence-electron chi connectivity index (χ1n) is 7.19. The monoisotopic (exact) mass is 262 g/mol. The molecule has 1 aromatic rings. The molecule has 0 saturated heterocycles. The number of anilines is 1. The van der Waals surface area contributed by atoms with Crippen LogP contribution >= 0.6 is 0 Å². The predicted octanol–water partition coefficient (Wildman–Crippen LogP) is 3.67. The molecule has 0 radical (unpaired) electrons. The molecule has 0 spiro atoms. The third kappa shape index (κ3) is 4.93. The Bertz CT molecular complexity index is 403. The van der Waals surface area contributed by atoms with Gasteiger partial charge in [0.2, 0.25) is 0 Å². The van der Waals surface area contributed by atoms with Crippen LogP contribution in [-0.2, 0) is 0 Å². The Hall–Kier alpha value is -1.51. The second kappa shape index (κ2) is 7.82. The lowest BCUT2D eigenvalue weighted by Crippen LogP contribution is -2.22. The van der Waals surface area contributed by atoms with E-state index in [4.69, 9.17) is 0 Å². The van der Waals surface area contributed by atoms with Crippen LogP contribution in [0.15, 0.2) is 24.3 Å². The second-order valence-corrected chi connectivity index (χ2v) is 5.16. The van der Waals surface area contributed by atoms with Crippen LogP contribution in [0, 0.1) is 5.92 Å². The molecule has 2 atom stereocenters. The van der Waals surface area contributed by atoms with Gasteiger partial charge in [0.15, 0.2) is 0 Å². The van der Waals surface area contributed by atoms with Crippen LogP contribution in [0.25, 0.3) is 0 Å². The normalized spacial score (nSPS) is 13.7. The molecular weight excluding hydrogens is 236 g/mol. The van der Waals surface area contributed by atoms with Gasteiger partial charge in [0.1, 0.15) is 0 Å². The average molecular weight is 262 g/mol. The Morgan fingerprint density at radius 2 is 2.00 bits per heavy atom. The highest BCUT2D eigenvalue weighted by atomic mass is 16.1. The van der Waals surface area contributed by atoms with Gasteiger partial charge in [0.05, 0.1) is 0 Å². The van der Waals surface area contributed by atoms with Crippen molar-refractivity contribution in [2.45, 2.75) is 46.1 Å². The molecule has 19 heavy (non-hydrogen) atoms. The van der Waals surface area contributed by atoms with E-state index in [0.717, 1.165) is 24.4 Å². The van der Waals surface area contributed by atoms with Gasteiger partial charge in [-0.2, -0.15) is 0 Å². The number of amides is 1. The molecular formula is C16H26N2O. The zero-order valence-corrected chi connectivity index (χ0v) is 12.5. The van der Waals surface area contributed by atoms with E-state index in [1.807, 2.05) is 24.3 Å². The van der Waals surface area contributed by atoms with Gasteiger partial charge in [-0.15, -0.1) is 0 Å². The summed E-state index contributed by atoms with van der Waals surface area (Å²) in [6.07, 6.45) is 3.46. The molecule has 0 bridgehead atoms. The quantitative estimate of drug-likeness (QED) is 0.787. The maximum Gasteiger partial charge on any atom is 0.251 e. The topological polar surface area (TPSA) is 41.1 Å². The molecule has 3 heteroatoms. The van der Waals surface area contributed by atoms with Crippen molar-refractivity contribution in [1.29, 1.82) is 0 Å². The van der Waals surface area contributed by atoms with Crippen LogP contribution in [0.2, 0.25) is 0 Å². The van der Waals surface area contributed by atoms with E-state index in [0.29, 0.717) is 11.6 Å². The molecule has 0 aromatic heterocycles. The fourth-order valence-corrected chi connectivity index (χ4v) is 2.11. The number of benzene rings is 1. The number of carbonyl (C=O) groups is 1. The van der Waals surface area contributed by atoms with Crippen LogP contribution in [-0.4, -0.2) is 19.0 Å². The summed E-state index contributed by atoms with van der Waals surface area (Å²) in [5.74, 6) is 0.679. The van der Waals surface area contributed by atoms with Crippen molar-refractivity contribution < 1.29 is 4.79 Å². The van der Waals surface area contributed by atoms with E-state index in [2.05, 4.69) is 31.4 Å². The highest BCUT2D eigenvalue weighted by molar-refractivity contribution is 5.94. The molecule has 2 unspecified atom stereocenters. The fraction of sp³-hybridized carbons (Fsp3) is 0.562. The third-order valence-electron chi connectivity index (χ3n) is 3.60. The summed E-state index contributed by atoms with van der Waals surface area (Å²) in [5, 5.41) is 6.18. The molecule has 1 aromatic carbocycles. The lowest BCUT2D eigenvalue weighted by atomic mass is 9.97. The molecule has 2 N–H and O–H groups in total. The molecule has 106 valence electrons. The van der Waals surface area contributed by atoms with Gasteiger partial charge >= 0.3 is 0 Å². The minimum Gasteiger partial charge on any atom is -0.382 e. The van der Waals surface area contributed by atoms with Gasteiger partial charge in [0, 0.05) is 24.3 Å². The fourth-order valence-electron chi connectivity index (χ4n) is 2.11. The minimum atomic E-state index is -0.0429. The zero-order valence-electron chi connectivity index (χ0n) is 12.5. The molecule has 1 amide bonds. The van der Waals surface area contributed by atoms with E-state index in [1.165, 1.54) is 6.42 Å². The van der Waals surface area contributed by atoms with E-state index in [9.17, 15) is 4.79 Å². The summed E-state index contributed by atoms with van der Waals surface area (Å²) in [6, 6.07) is 8.15. The molecule has 0 aliphatic rings. The summed E-state index contributed by atoms with van der Waals surface area (Å²) in [6.45, 7) is 6.71. The van der Waals surface area contributed by atoms with Crippen LogP contribution in [0.5, 0.6) is 0 Å². The first kappa shape index (κ1) is 15.5. The molecule has 0 saturated carbocycles. The Balaban J connectivity index is 2.71. The predicted molar refractivity (Wildman–Crippen MR) is 81.6 cm³/mol. The van der Waals surface area contributed by atoms with E-state index in [-0.39, 0.29) is 5.91 Å². The van der Waals surface area contributed by atoms with Crippen LogP contribution in [0.4, 0.5) is 5.69 Å². The summed E-state index contributed by atoms with van der Waals surface area (Å²) in [4.78, 5) is 11.6. The first-order chi connectivity index (χ1) is 9.10. The second-order valence-electron chi connectivity index (χ2n) is 5.16. The molecule has 0 fully saturated rings. The number of hydrogen-bond donors (Lipinski definition) is 2. The van der Waals surface area contributed by atoms with Gasteiger partial charge in [-0.1, -0.05) is 33.3 Å². The van der Waals surface area contributed by atoms with Crippen LogP contribution < -0.4 is 10.6 Å². The van der Waals surface area contributed by atoms with Crippen LogP contribution in [0.3, 0.4) is 0 Å².